The summed E-state index contributed by atoms with van der Waals surface area (Å²) in [6, 6.07) is 2.13. The Kier molecular flexibility index (Phi) is 4.01. The molecule has 3 N–H and O–H groups in total. The van der Waals surface area contributed by atoms with Crippen LogP contribution in [0.3, 0.4) is 0 Å². The van der Waals surface area contributed by atoms with Gasteiger partial charge in [-0.1, -0.05) is 0 Å². The summed E-state index contributed by atoms with van der Waals surface area (Å²) < 4.78 is 38.5. The number of nitrogens with zero attached hydrogens (tertiary/aromatic N) is 2. The number of fused-ring (bicyclic) bond motifs is 1. The maximum Gasteiger partial charge on any atom is 0.434 e. The molecule has 11 heteroatoms. The standard InChI is InChI=1S/C14H13F3N4O4/c15-14(16,17)10-6(2-1-3-18-10)11(22)19-20-12(23)9-7-4-21(13(24)25)5-8(7)9/h1-3,7-9H,4-5H2,(H,19,22)(H,20,23)(H,24,25). The molecule has 8 nitrogen and oxygen atoms in total. The first-order valence-electron chi connectivity index (χ1n) is 7.30. The van der Waals surface area contributed by atoms with Crippen molar-refractivity contribution in [2.75, 3.05) is 13.1 Å². The van der Waals surface area contributed by atoms with Crippen LogP contribution < -0.4 is 10.9 Å². The molecular formula is C14H13F3N4O4. The predicted molar refractivity (Wildman–Crippen MR) is 74.9 cm³/mol. The number of amides is 3. The maximum absolute atomic E-state index is 12.8. The average molecular weight is 358 g/mol. The molecule has 1 aliphatic carbocycles. The van der Waals surface area contributed by atoms with Gasteiger partial charge in [0.2, 0.25) is 5.91 Å². The number of carbonyl (C=O) groups is 3. The van der Waals surface area contributed by atoms with Gasteiger partial charge in [0, 0.05) is 25.2 Å². The Morgan fingerprint density at radius 1 is 1.20 bits per heavy atom. The minimum Gasteiger partial charge on any atom is -0.465 e. The zero-order valence-electron chi connectivity index (χ0n) is 12.6. The lowest BCUT2D eigenvalue weighted by Crippen LogP contribution is -2.44. The number of hydrogen-bond donors (Lipinski definition) is 3. The summed E-state index contributed by atoms with van der Waals surface area (Å²) in [4.78, 5) is 39.0. The van der Waals surface area contributed by atoms with Gasteiger partial charge in [-0.2, -0.15) is 13.2 Å². The zero-order valence-corrected chi connectivity index (χ0v) is 12.6. The zero-order chi connectivity index (χ0) is 18.4. The summed E-state index contributed by atoms with van der Waals surface area (Å²) in [5.41, 5.74) is 1.99. The SMILES string of the molecule is O=C(NNC(=O)C1C2CN(C(=O)O)CC21)c1cccnc1C(F)(F)F. The van der Waals surface area contributed by atoms with Crippen LogP contribution in [0.4, 0.5) is 18.0 Å². The van der Waals surface area contributed by atoms with E-state index in [9.17, 15) is 27.6 Å². The highest BCUT2D eigenvalue weighted by molar-refractivity contribution is 5.97. The molecule has 25 heavy (non-hydrogen) atoms. The molecule has 2 heterocycles. The third-order valence-electron chi connectivity index (χ3n) is 4.39. The van der Waals surface area contributed by atoms with Gasteiger partial charge in [-0.3, -0.25) is 25.4 Å². The van der Waals surface area contributed by atoms with Crippen molar-refractivity contribution in [2.24, 2.45) is 17.8 Å². The largest absolute Gasteiger partial charge is 0.465 e. The second-order valence-electron chi connectivity index (χ2n) is 5.88. The fraction of sp³-hybridized carbons (Fsp3) is 0.429. The van der Waals surface area contributed by atoms with Crippen molar-refractivity contribution in [3.8, 4) is 0 Å². The van der Waals surface area contributed by atoms with Crippen LogP contribution in [-0.2, 0) is 11.0 Å². The molecule has 1 aromatic rings. The summed E-state index contributed by atoms with van der Waals surface area (Å²) in [5.74, 6) is -2.39. The number of nitrogens with one attached hydrogen (secondary N) is 2. The van der Waals surface area contributed by atoms with Gasteiger partial charge in [-0.25, -0.2) is 4.79 Å². The fourth-order valence-electron chi connectivity index (χ4n) is 3.15. The minimum absolute atomic E-state index is 0.128. The van der Waals surface area contributed by atoms with Gasteiger partial charge in [0.05, 0.1) is 5.56 Å². The second kappa shape index (κ2) is 5.90. The Balaban J connectivity index is 1.56. The van der Waals surface area contributed by atoms with Crippen LogP contribution in [0.25, 0.3) is 0 Å². The number of rotatable bonds is 2. The third-order valence-corrected chi connectivity index (χ3v) is 4.39. The molecule has 1 aromatic heterocycles. The van der Waals surface area contributed by atoms with E-state index in [4.69, 9.17) is 5.11 Å². The molecule has 1 saturated heterocycles. The van der Waals surface area contributed by atoms with E-state index in [0.29, 0.717) is 0 Å². The van der Waals surface area contributed by atoms with Crippen molar-refractivity contribution < 1.29 is 32.7 Å². The Morgan fingerprint density at radius 3 is 2.40 bits per heavy atom. The number of alkyl halides is 3. The van der Waals surface area contributed by atoms with Crippen molar-refractivity contribution >= 4 is 17.9 Å². The predicted octanol–water partition coefficient (Wildman–Crippen LogP) is 0.717. The van der Waals surface area contributed by atoms with Crippen molar-refractivity contribution in [3.05, 3.63) is 29.6 Å². The van der Waals surface area contributed by atoms with Crippen molar-refractivity contribution in [3.63, 3.8) is 0 Å². The number of halogens is 3. The molecule has 1 aliphatic heterocycles. The highest BCUT2D eigenvalue weighted by atomic mass is 19.4. The lowest BCUT2D eigenvalue weighted by Gasteiger charge is -2.16. The molecule has 3 rings (SSSR count). The maximum atomic E-state index is 12.8. The molecule has 3 amide bonds. The minimum atomic E-state index is -4.80. The smallest absolute Gasteiger partial charge is 0.434 e. The van der Waals surface area contributed by atoms with Gasteiger partial charge in [-0.15, -0.1) is 0 Å². The molecule has 2 fully saturated rings. The van der Waals surface area contributed by atoms with Gasteiger partial charge in [0.25, 0.3) is 5.91 Å². The quantitative estimate of drug-likeness (QED) is 0.675. The average Bonchev–Trinajstić information content (AvgIpc) is 3.05. The molecule has 0 aromatic carbocycles. The van der Waals surface area contributed by atoms with E-state index in [1.54, 1.807) is 0 Å². The molecule has 2 unspecified atom stereocenters. The van der Waals surface area contributed by atoms with Crippen LogP contribution in [-0.4, -0.2) is 46.0 Å². The first-order valence-corrected chi connectivity index (χ1v) is 7.30. The highest BCUT2D eigenvalue weighted by Crippen LogP contribution is 2.51. The van der Waals surface area contributed by atoms with Crippen LogP contribution in [0.5, 0.6) is 0 Å². The monoisotopic (exact) mass is 358 g/mol. The van der Waals surface area contributed by atoms with Crippen LogP contribution in [0.1, 0.15) is 16.1 Å². The molecule has 134 valence electrons. The Morgan fingerprint density at radius 2 is 1.84 bits per heavy atom. The van der Waals surface area contributed by atoms with Gasteiger partial charge >= 0.3 is 12.3 Å². The van der Waals surface area contributed by atoms with E-state index in [1.807, 2.05) is 5.43 Å². The third kappa shape index (κ3) is 3.21. The van der Waals surface area contributed by atoms with Crippen molar-refractivity contribution in [1.82, 2.24) is 20.7 Å². The first kappa shape index (κ1) is 17.0. The van der Waals surface area contributed by atoms with E-state index >= 15 is 0 Å². The number of carboxylic acid groups (broad SMARTS) is 1. The molecule has 2 atom stereocenters. The van der Waals surface area contributed by atoms with Crippen LogP contribution >= 0.6 is 0 Å². The summed E-state index contributed by atoms with van der Waals surface area (Å²) >= 11 is 0. The number of hydrazine groups is 1. The van der Waals surface area contributed by atoms with Gasteiger partial charge in [0.15, 0.2) is 5.69 Å². The van der Waals surface area contributed by atoms with Gasteiger partial charge < -0.3 is 10.0 Å². The Hall–Kier alpha value is -2.85. The summed E-state index contributed by atoms with van der Waals surface area (Å²) in [5, 5.41) is 8.84. The number of carbonyl (C=O) groups excluding carboxylic acids is 2. The molecule has 1 saturated carbocycles. The number of aromatic nitrogens is 1. The summed E-state index contributed by atoms with van der Waals surface area (Å²) in [6.45, 7) is 0.458. The lowest BCUT2D eigenvalue weighted by molar-refractivity contribution is -0.141. The van der Waals surface area contributed by atoms with Gasteiger partial charge in [0.1, 0.15) is 0 Å². The molecule has 2 aliphatic rings. The van der Waals surface area contributed by atoms with E-state index in [0.717, 1.165) is 12.3 Å². The van der Waals surface area contributed by atoms with Gasteiger partial charge in [-0.05, 0) is 24.0 Å². The van der Waals surface area contributed by atoms with E-state index in [2.05, 4.69) is 10.4 Å². The number of hydrogen-bond acceptors (Lipinski definition) is 4. The van der Waals surface area contributed by atoms with Crippen LogP contribution in [0.2, 0.25) is 0 Å². The normalized spacial score (nSPS) is 24.4. The van der Waals surface area contributed by atoms with Crippen LogP contribution in [0, 0.1) is 17.8 Å². The number of pyridine rings is 1. The molecule has 0 spiro atoms. The molecular weight excluding hydrogens is 345 g/mol. The van der Waals surface area contributed by atoms with E-state index < -0.39 is 41.3 Å². The summed E-state index contributed by atoms with van der Waals surface area (Å²) in [7, 11) is 0. The van der Waals surface area contributed by atoms with Crippen molar-refractivity contribution in [1.29, 1.82) is 0 Å². The highest BCUT2D eigenvalue weighted by Gasteiger charge is 2.60. The first-order chi connectivity index (χ1) is 11.7. The molecule has 0 bridgehead atoms. The second-order valence-corrected chi connectivity index (χ2v) is 5.88. The molecule has 0 radical (unpaired) electrons. The van der Waals surface area contributed by atoms with E-state index in [-0.39, 0.29) is 24.9 Å². The number of piperidine rings is 1. The number of likely N-dealkylation sites (tertiary alicyclic amines) is 1. The van der Waals surface area contributed by atoms with Crippen molar-refractivity contribution in [2.45, 2.75) is 6.18 Å². The lowest BCUT2D eigenvalue weighted by atomic mass is 10.2. The summed E-state index contributed by atoms with van der Waals surface area (Å²) in [6.07, 6.45) is -4.94. The fourth-order valence-corrected chi connectivity index (χ4v) is 3.15. The Labute approximate surface area is 139 Å². The van der Waals surface area contributed by atoms with Crippen LogP contribution in [0.15, 0.2) is 18.3 Å². The Bertz CT molecular complexity index is 727. The topological polar surface area (TPSA) is 112 Å². The van der Waals surface area contributed by atoms with E-state index in [1.165, 1.54) is 11.0 Å².